The van der Waals surface area contributed by atoms with Crippen LogP contribution in [0.3, 0.4) is 0 Å². The first-order chi connectivity index (χ1) is 13.5. The molecule has 1 unspecified atom stereocenters. The Balaban J connectivity index is 1.91. The molecule has 28 heavy (non-hydrogen) atoms. The predicted octanol–water partition coefficient (Wildman–Crippen LogP) is 4.14. The Kier molecular flexibility index (Phi) is 4.75. The van der Waals surface area contributed by atoms with E-state index in [0.29, 0.717) is 11.1 Å². The fraction of sp³-hybridized carbons (Fsp3) is 0.348. The fourth-order valence-corrected chi connectivity index (χ4v) is 4.54. The summed E-state index contributed by atoms with van der Waals surface area (Å²) < 4.78 is 5.26. The molecule has 1 fully saturated rings. The van der Waals surface area contributed by atoms with Gasteiger partial charge in [0.25, 0.3) is 0 Å². The zero-order chi connectivity index (χ0) is 19.8. The predicted molar refractivity (Wildman–Crippen MR) is 103 cm³/mol. The summed E-state index contributed by atoms with van der Waals surface area (Å²) in [5.41, 5.74) is 1.41. The summed E-state index contributed by atoms with van der Waals surface area (Å²) in [6, 6.07) is 9.82. The second-order valence-corrected chi connectivity index (χ2v) is 7.55. The van der Waals surface area contributed by atoms with Gasteiger partial charge in [-0.05, 0) is 36.1 Å². The number of hydrogen-bond donors (Lipinski definition) is 1. The Morgan fingerprint density at radius 2 is 1.61 bits per heavy atom. The Labute approximate surface area is 163 Å². The summed E-state index contributed by atoms with van der Waals surface area (Å²) in [5.74, 6) is -1.63. The van der Waals surface area contributed by atoms with E-state index in [4.69, 9.17) is 4.74 Å². The SMILES string of the molecule is CC(=O)Oc1cccc2c1C(=O)c1c(O)cccc1C2C(=O)C1CCCCC1. The summed E-state index contributed by atoms with van der Waals surface area (Å²) in [6.07, 6.45) is 4.87. The first kappa shape index (κ1) is 18.4. The Bertz CT molecular complexity index is 969. The normalized spacial score (nSPS) is 18.9. The van der Waals surface area contributed by atoms with E-state index in [9.17, 15) is 19.5 Å². The van der Waals surface area contributed by atoms with Gasteiger partial charge in [-0.1, -0.05) is 43.5 Å². The quantitative estimate of drug-likeness (QED) is 0.641. The van der Waals surface area contributed by atoms with E-state index in [1.165, 1.54) is 13.0 Å². The number of carbonyl (C=O) groups is 3. The Morgan fingerprint density at radius 3 is 2.29 bits per heavy atom. The van der Waals surface area contributed by atoms with Crippen LogP contribution in [0.1, 0.15) is 72.0 Å². The van der Waals surface area contributed by atoms with Crippen LogP contribution in [0.5, 0.6) is 11.5 Å². The van der Waals surface area contributed by atoms with Gasteiger partial charge in [-0.15, -0.1) is 0 Å². The number of carbonyl (C=O) groups excluding carboxylic acids is 3. The second kappa shape index (κ2) is 7.23. The van der Waals surface area contributed by atoms with Crippen molar-refractivity contribution >= 4 is 17.5 Å². The molecule has 2 aromatic carbocycles. The molecule has 0 saturated heterocycles. The van der Waals surface area contributed by atoms with Crippen LogP contribution in [0.2, 0.25) is 0 Å². The van der Waals surface area contributed by atoms with E-state index in [1.54, 1.807) is 30.3 Å². The van der Waals surface area contributed by atoms with Gasteiger partial charge in [0.15, 0.2) is 0 Å². The summed E-state index contributed by atoms with van der Waals surface area (Å²) in [7, 11) is 0. The number of phenols is 1. The van der Waals surface area contributed by atoms with Crippen molar-refractivity contribution in [2.45, 2.75) is 44.9 Å². The van der Waals surface area contributed by atoms with Crippen LogP contribution in [-0.2, 0) is 9.59 Å². The zero-order valence-electron chi connectivity index (χ0n) is 15.7. The minimum absolute atomic E-state index is 0.0626. The summed E-state index contributed by atoms with van der Waals surface area (Å²) >= 11 is 0. The van der Waals surface area contributed by atoms with Gasteiger partial charge in [0.1, 0.15) is 17.3 Å². The number of ketones is 2. The molecule has 2 aliphatic rings. The number of rotatable bonds is 3. The topological polar surface area (TPSA) is 80.7 Å². The van der Waals surface area contributed by atoms with Gasteiger partial charge >= 0.3 is 5.97 Å². The van der Waals surface area contributed by atoms with Crippen molar-refractivity contribution in [1.29, 1.82) is 0 Å². The highest BCUT2D eigenvalue weighted by Crippen LogP contribution is 2.45. The number of benzene rings is 2. The highest BCUT2D eigenvalue weighted by atomic mass is 16.5. The first-order valence-electron chi connectivity index (χ1n) is 9.70. The van der Waals surface area contributed by atoms with Gasteiger partial charge in [-0.25, -0.2) is 0 Å². The maximum atomic E-state index is 13.5. The third kappa shape index (κ3) is 3.01. The molecule has 0 bridgehead atoms. The number of ether oxygens (including phenoxy) is 1. The molecule has 0 heterocycles. The molecule has 144 valence electrons. The van der Waals surface area contributed by atoms with Crippen molar-refractivity contribution < 1.29 is 24.2 Å². The van der Waals surface area contributed by atoms with Crippen LogP contribution in [-0.4, -0.2) is 22.6 Å². The van der Waals surface area contributed by atoms with E-state index >= 15 is 0 Å². The van der Waals surface area contributed by atoms with Crippen molar-refractivity contribution in [2.75, 3.05) is 0 Å². The van der Waals surface area contributed by atoms with Gasteiger partial charge < -0.3 is 9.84 Å². The van der Waals surface area contributed by atoms with E-state index < -0.39 is 17.7 Å². The average Bonchev–Trinajstić information content (AvgIpc) is 2.68. The molecule has 1 atom stereocenters. The molecule has 5 nitrogen and oxygen atoms in total. The molecule has 5 heteroatoms. The zero-order valence-corrected chi connectivity index (χ0v) is 15.7. The number of hydrogen-bond acceptors (Lipinski definition) is 5. The van der Waals surface area contributed by atoms with Gasteiger partial charge in [0.2, 0.25) is 5.78 Å². The average molecular weight is 378 g/mol. The van der Waals surface area contributed by atoms with Crippen LogP contribution in [0.4, 0.5) is 0 Å². The standard InChI is InChI=1S/C23H22O5/c1-13(24)28-18-12-6-10-16-19(22(26)14-7-3-2-4-8-14)15-9-5-11-17(25)20(15)23(27)21(16)18/h5-6,9-12,14,19,25H,2-4,7-8H2,1H3. The molecule has 0 radical (unpaired) electrons. The van der Waals surface area contributed by atoms with Crippen molar-refractivity contribution in [3.05, 3.63) is 58.7 Å². The van der Waals surface area contributed by atoms with E-state index in [1.807, 2.05) is 0 Å². The maximum Gasteiger partial charge on any atom is 0.308 e. The van der Waals surface area contributed by atoms with Gasteiger partial charge in [-0.3, -0.25) is 14.4 Å². The highest BCUT2D eigenvalue weighted by Gasteiger charge is 2.41. The first-order valence-corrected chi connectivity index (χ1v) is 9.70. The van der Waals surface area contributed by atoms with Crippen LogP contribution in [0.25, 0.3) is 0 Å². The molecular weight excluding hydrogens is 356 g/mol. The van der Waals surface area contributed by atoms with Crippen molar-refractivity contribution in [1.82, 2.24) is 0 Å². The van der Waals surface area contributed by atoms with Gasteiger partial charge in [-0.2, -0.15) is 0 Å². The van der Waals surface area contributed by atoms with Gasteiger partial charge in [0.05, 0.1) is 17.0 Å². The minimum atomic E-state index is -0.645. The monoisotopic (exact) mass is 378 g/mol. The molecular formula is C23H22O5. The Hall–Kier alpha value is -2.95. The summed E-state index contributed by atoms with van der Waals surface area (Å²) in [4.78, 5) is 38.3. The second-order valence-electron chi connectivity index (χ2n) is 7.55. The molecule has 4 rings (SSSR count). The van der Waals surface area contributed by atoms with E-state index in [2.05, 4.69) is 0 Å². The number of esters is 1. The lowest BCUT2D eigenvalue weighted by atomic mass is 9.70. The third-order valence-electron chi connectivity index (χ3n) is 5.76. The number of fused-ring (bicyclic) bond motifs is 2. The smallest absolute Gasteiger partial charge is 0.308 e. The minimum Gasteiger partial charge on any atom is -0.507 e. The lowest BCUT2D eigenvalue weighted by Gasteiger charge is -2.31. The highest BCUT2D eigenvalue weighted by molar-refractivity contribution is 6.18. The molecule has 2 aliphatic carbocycles. The third-order valence-corrected chi connectivity index (χ3v) is 5.76. The molecule has 1 N–H and O–H groups in total. The van der Waals surface area contributed by atoms with Gasteiger partial charge in [0, 0.05) is 12.8 Å². The van der Waals surface area contributed by atoms with Crippen LogP contribution < -0.4 is 4.74 Å². The van der Waals surface area contributed by atoms with E-state index in [0.717, 1.165) is 32.1 Å². The molecule has 0 aliphatic heterocycles. The van der Waals surface area contributed by atoms with Crippen LogP contribution in [0, 0.1) is 5.92 Å². The van der Waals surface area contributed by atoms with Crippen molar-refractivity contribution in [3.63, 3.8) is 0 Å². The van der Waals surface area contributed by atoms with Crippen molar-refractivity contribution in [3.8, 4) is 11.5 Å². The van der Waals surface area contributed by atoms with Crippen molar-refractivity contribution in [2.24, 2.45) is 5.92 Å². The Morgan fingerprint density at radius 1 is 0.964 bits per heavy atom. The maximum absolute atomic E-state index is 13.5. The lowest BCUT2D eigenvalue weighted by Crippen LogP contribution is -2.31. The lowest BCUT2D eigenvalue weighted by molar-refractivity contribution is -0.131. The molecule has 0 amide bonds. The fourth-order valence-electron chi connectivity index (χ4n) is 4.54. The van der Waals surface area contributed by atoms with Crippen LogP contribution in [0.15, 0.2) is 36.4 Å². The van der Waals surface area contributed by atoms with Crippen LogP contribution >= 0.6 is 0 Å². The molecule has 2 aromatic rings. The summed E-state index contributed by atoms with van der Waals surface area (Å²) in [5, 5.41) is 10.4. The van der Waals surface area contributed by atoms with E-state index in [-0.39, 0.29) is 34.3 Å². The number of aromatic hydroxyl groups is 1. The molecule has 0 aromatic heterocycles. The number of Topliss-reactive ketones (excluding diaryl/α,β-unsaturated/α-hetero) is 1. The molecule has 0 spiro atoms. The molecule has 1 saturated carbocycles. The largest absolute Gasteiger partial charge is 0.507 e. The number of phenolic OH excluding ortho intramolecular Hbond substituents is 1. The summed E-state index contributed by atoms with van der Waals surface area (Å²) in [6.45, 7) is 1.27.